The van der Waals surface area contributed by atoms with Crippen LogP contribution in [0.2, 0.25) is 5.02 Å². The number of nitrogens with zero attached hydrogens (tertiary/aromatic N) is 1. The van der Waals surface area contributed by atoms with Crippen molar-refractivity contribution in [1.29, 1.82) is 0 Å². The Balaban J connectivity index is 2.02. The SMILES string of the molecule is Cc1ccc(Cl)c(C2OC(c3ccccn3)C(C)C(=O)C2=O)c1. The highest BCUT2D eigenvalue weighted by molar-refractivity contribution is 6.41. The molecule has 0 N–H and O–H groups in total. The van der Waals surface area contributed by atoms with E-state index in [0.29, 0.717) is 16.3 Å². The molecule has 0 bridgehead atoms. The van der Waals surface area contributed by atoms with Gasteiger partial charge in [0, 0.05) is 16.8 Å². The molecule has 1 saturated heterocycles. The van der Waals surface area contributed by atoms with Gasteiger partial charge in [-0.3, -0.25) is 14.6 Å². The number of Topliss-reactive ketones (excluding diaryl/α,β-unsaturated/α-hetero) is 2. The Morgan fingerprint density at radius 2 is 1.91 bits per heavy atom. The van der Waals surface area contributed by atoms with E-state index in [9.17, 15) is 9.59 Å². The van der Waals surface area contributed by atoms with E-state index in [4.69, 9.17) is 16.3 Å². The molecular weight excluding hydrogens is 314 g/mol. The predicted molar refractivity (Wildman–Crippen MR) is 86.2 cm³/mol. The first-order valence-electron chi connectivity index (χ1n) is 7.39. The molecule has 1 aliphatic rings. The molecule has 1 aromatic carbocycles. The maximum Gasteiger partial charge on any atom is 0.232 e. The zero-order valence-electron chi connectivity index (χ0n) is 12.8. The third-order valence-electron chi connectivity index (χ3n) is 4.04. The summed E-state index contributed by atoms with van der Waals surface area (Å²) in [5, 5.41) is 0.413. The van der Waals surface area contributed by atoms with Gasteiger partial charge in [0.25, 0.3) is 0 Å². The van der Waals surface area contributed by atoms with E-state index in [1.54, 1.807) is 37.4 Å². The molecule has 1 fully saturated rings. The third kappa shape index (κ3) is 2.92. The molecule has 0 aliphatic carbocycles. The number of aromatic nitrogens is 1. The largest absolute Gasteiger partial charge is 0.355 e. The van der Waals surface area contributed by atoms with Crippen molar-refractivity contribution in [3.8, 4) is 0 Å². The zero-order chi connectivity index (χ0) is 16.6. The highest BCUT2D eigenvalue weighted by Gasteiger charge is 2.44. The first kappa shape index (κ1) is 15.8. The van der Waals surface area contributed by atoms with Gasteiger partial charge in [-0.05, 0) is 25.1 Å². The Labute approximate surface area is 139 Å². The first-order chi connectivity index (χ1) is 11.0. The number of ether oxygens (including phenoxy) is 1. The summed E-state index contributed by atoms with van der Waals surface area (Å²) in [5.41, 5.74) is 2.11. The monoisotopic (exact) mass is 329 g/mol. The van der Waals surface area contributed by atoms with Crippen molar-refractivity contribution >= 4 is 23.2 Å². The molecule has 0 saturated carbocycles. The lowest BCUT2D eigenvalue weighted by Gasteiger charge is -2.33. The second kappa shape index (κ2) is 6.22. The molecule has 1 aromatic heterocycles. The molecule has 5 heteroatoms. The smallest absolute Gasteiger partial charge is 0.232 e. The molecule has 1 aliphatic heterocycles. The number of hydrogen-bond donors (Lipinski definition) is 0. The fourth-order valence-corrected chi connectivity index (χ4v) is 2.98. The first-order valence-corrected chi connectivity index (χ1v) is 7.77. The fourth-order valence-electron chi connectivity index (χ4n) is 2.77. The van der Waals surface area contributed by atoms with Crippen molar-refractivity contribution in [2.45, 2.75) is 26.1 Å². The molecule has 23 heavy (non-hydrogen) atoms. The predicted octanol–water partition coefficient (Wildman–Crippen LogP) is 3.63. The van der Waals surface area contributed by atoms with E-state index in [1.165, 1.54) is 0 Å². The van der Waals surface area contributed by atoms with Gasteiger partial charge in [0.05, 0.1) is 11.6 Å². The number of carbonyl (C=O) groups excluding carboxylic acids is 2. The molecule has 0 radical (unpaired) electrons. The van der Waals surface area contributed by atoms with E-state index in [2.05, 4.69) is 4.98 Å². The summed E-state index contributed by atoms with van der Waals surface area (Å²) in [7, 11) is 0. The van der Waals surface area contributed by atoms with Gasteiger partial charge in [0.2, 0.25) is 11.6 Å². The van der Waals surface area contributed by atoms with E-state index in [-0.39, 0.29) is 0 Å². The van der Waals surface area contributed by atoms with Crippen LogP contribution in [0.5, 0.6) is 0 Å². The Morgan fingerprint density at radius 3 is 2.61 bits per heavy atom. The van der Waals surface area contributed by atoms with Gasteiger partial charge in [-0.1, -0.05) is 42.3 Å². The average Bonchev–Trinajstić information content (AvgIpc) is 2.56. The summed E-state index contributed by atoms with van der Waals surface area (Å²) in [4.78, 5) is 29.1. The number of rotatable bonds is 2. The number of benzene rings is 1. The second-order valence-corrected chi connectivity index (χ2v) is 6.14. The van der Waals surface area contributed by atoms with Crippen LogP contribution >= 0.6 is 11.6 Å². The lowest BCUT2D eigenvalue weighted by Crippen LogP contribution is -2.39. The number of ketones is 2. The average molecular weight is 330 g/mol. The summed E-state index contributed by atoms with van der Waals surface area (Å²) in [6.45, 7) is 3.58. The minimum absolute atomic E-state index is 0.413. The molecular formula is C18H16ClNO3. The lowest BCUT2D eigenvalue weighted by molar-refractivity contribution is -0.163. The molecule has 118 valence electrons. The van der Waals surface area contributed by atoms with Crippen LogP contribution in [0.25, 0.3) is 0 Å². The maximum absolute atomic E-state index is 12.4. The number of pyridine rings is 1. The highest BCUT2D eigenvalue weighted by Crippen LogP contribution is 2.40. The summed E-state index contributed by atoms with van der Waals surface area (Å²) in [6.07, 6.45) is 0.0853. The number of hydrogen-bond acceptors (Lipinski definition) is 4. The Morgan fingerprint density at radius 1 is 1.13 bits per heavy atom. The highest BCUT2D eigenvalue weighted by atomic mass is 35.5. The van der Waals surface area contributed by atoms with Crippen LogP contribution in [-0.4, -0.2) is 16.6 Å². The van der Waals surface area contributed by atoms with Gasteiger partial charge in [-0.2, -0.15) is 0 Å². The van der Waals surface area contributed by atoms with Crippen LogP contribution in [0.3, 0.4) is 0 Å². The summed E-state index contributed by atoms with van der Waals surface area (Å²) in [6, 6.07) is 10.7. The molecule has 3 unspecified atom stereocenters. The normalized spacial score (nSPS) is 24.7. The number of halogens is 1. The van der Waals surface area contributed by atoms with E-state index in [0.717, 1.165) is 5.56 Å². The van der Waals surface area contributed by atoms with Crippen LogP contribution in [0, 0.1) is 12.8 Å². The van der Waals surface area contributed by atoms with Gasteiger partial charge in [0.1, 0.15) is 6.10 Å². The summed E-state index contributed by atoms with van der Waals surface area (Å²) in [5.74, 6) is -1.58. The minimum Gasteiger partial charge on any atom is -0.355 e. The molecule has 4 nitrogen and oxygen atoms in total. The quantitative estimate of drug-likeness (QED) is 0.789. The van der Waals surface area contributed by atoms with Crippen LogP contribution in [-0.2, 0) is 14.3 Å². The van der Waals surface area contributed by atoms with Crippen LogP contribution in [0.4, 0.5) is 0 Å². The number of carbonyl (C=O) groups is 2. The van der Waals surface area contributed by atoms with Crippen LogP contribution < -0.4 is 0 Å². The summed E-state index contributed by atoms with van der Waals surface area (Å²) >= 11 is 6.21. The lowest BCUT2D eigenvalue weighted by atomic mass is 9.86. The summed E-state index contributed by atoms with van der Waals surface area (Å²) < 4.78 is 5.97. The van der Waals surface area contributed by atoms with Crippen LogP contribution in [0.15, 0.2) is 42.6 Å². The van der Waals surface area contributed by atoms with Gasteiger partial charge in [0.15, 0.2) is 6.10 Å². The van der Waals surface area contributed by atoms with Crippen molar-refractivity contribution in [3.05, 3.63) is 64.4 Å². The van der Waals surface area contributed by atoms with E-state index in [1.807, 2.05) is 19.1 Å². The Hall–Kier alpha value is -2.04. The molecule has 2 heterocycles. The van der Waals surface area contributed by atoms with Crippen molar-refractivity contribution in [2.75, 3.05) is 0 Å². The Kier molecular flexibility index (Phi) is 4.28. The Bertz CT molecular complexity index is 760. The maximum atomic E-state index is 12.4. The van der Waals surface area contributed by atoms with Crippen molar-refractivity contribution in [3.63, 3.8) is 0 Å². The molecule has 3 rings (SSSR count). The van der Waals surface area contributed by atoms with Gasteiger partial charge in [-0.25, -0.2) is 0 Å². The topological polar surface area (TPSA) is 56.3 Å². The van der Waals surface area contributed by atoms with Crippen molar-refractivity contribution in [1.82, 2.24) is 4.98 Å². The number of aryl methyl sites for hydroxylation is 1. The molecule has 2 aromatic rings. The standard InChI is InChI=1S/C18H16ClNO3/c1-10-6-7-13(19)12(9-10)18-16(22)15(21)11(2)17(23-18)14-5-3-4-8-20-14/h3-9,11,17-18H,1-2H3. The van der Waals surface area contributed by atoms with E-state index < -0.39 is 29.7 Å². The minimum atomic E-state index is -0.988. The molecule has 0 amide bonds. The van der Waals surface area contributed by atoms with Crippen molar-refractivity contribution in [2.24, 2.45) is 5.92 Å². The van der Waals surface area contributed by atoms with Crippen LogP contribution in [0.1, 0.15) is 36.0 Å². The third-order valence-corrected chi connectivity index (χ3v) is 4.39. The van der Waals surface area contributed by atoms with Gasteiger partial charge in [-0.15, -0.1) is 0 Å². The van der Waals surface area contributed by atoms with Crippen molar-refractivity contribution < 1.29 is 14.3 Å². The van der Waals surface area contributed by atoms with E-state index >= 15 is 0 Å². The zero-order valence-corrected chi connectivity index (χ0v) is 13.6. The molecule has 0 spiro atoms. The second-order valence-electron chi connectivity index (χ2n) is 5.73. The fraction of sp³-hybridized carbons (Fsp3) is 0.278. The van der Waals surface area contributed by atoms with Gasteiger partial charge >= 0.3 is 0 Å². The molecule has 3 atom stereocenters. The van der Waals surface area contributed by atoms with Gasteiger partial charge < -0.3 is 4.74 Å².